The molecule has 19 heavy (non-hydrogen) atoms. The van der Waals surface area contributed by atoms with Crippen LogP contribution < -0.4 is 10.2 Å². The lowest BCUT2D eigenvalue weighted by Crippen LogP contribution is -2.02. The zero-order valence-corrected chi connectivity index (χ0v) is 10.5. The minimum absolute atomic E-state index is 0.0347. The molecular weight excluding hydrogens is 242 g/mol. The molecule has 3 aromatic rings. The van der Waals surface area contributed by atoms with Crippen LogP contribution in [0.15, 0.2) is 47.4 Å². The summed E-state index contributed by atoms with van der Waals surface area (Å²) in [5, 5.41) is 7.11. The van der Waals surface area contributed by atoms with E-state index in [2.05, 4.69) is 10.2 Å². The van der Waals surface area contributed by atoms with Crippen molar-refractivity contribution in [2.75, 3.05) is 7.11 Å². The van der Waals surface area contributed by atoms with Crippen molar-refractivity contribution < 1.29 is 4.74 Å². The zero-order chi connectivity index (χ0) is 13.2. The summed E-state index contributed by atoms with van der Waals surface area (Å²) in [4.78, 5) is 11.3. The molecule has 0 aliphatic carbocycles. The van der Waals surface area contributed by atoms with E-state index in [1.165, 1.54) is 12.1 Å². The summed E-state index contributed by atoms with van der Waals surface area (Å²) in [5.74, 6) is 1.67. The molecule has 1 aromatic carbocycles. The van der Waals surface area contributed by atoms with E-state index < -0.39 is 0 Å². The third-order valence-corrected chi connectivity index (χ3v) is 3.05. The van der Waals surface area contributed by atoms with Gasteiger partial charge in [0.25, 0.3) is 0 Å². The molecule has 0 spiro atoms. The third-order valence-electron chi connectivity index (χ3n) is 3.05. The first-order chi connectivity index (χ1) is 9.28. The predicted octanol–water partition coefficient (Wildman–Crippen LogP) is 1.62. The number of para-hydroxylation sites is 1. The van der Waals surface area contributed by atoms with E-state index in [-0.39, 0.29) is 5.43 Å². The van der Waals surface area contributed by atoms with Crippen molar-refractivity contribution in [1.82, 2.24) is 14.6 Å². The van der Waals surface area contributed by atoms with Crippen molar-refractivity contribution in [1.29, 1.82) is 0 Å². The van der Waals surface area contributed by atoms with Gasteiger partial charge >= 0.3 is 0 Å². The summed E-state index contributed by atoms with van der Waals surface area (Å²) < 4.78 is 7.20. The van der Waals surface area contributed by atoms with Crippen LogP contribution in [-0.2, 0) is 6.42 Å². The molecule has 0 aliphatic rings. The Bertz CT molecular complexity index is 773. The molecule has 0 aliphatic heterocycles. The van der Waals surface area contributed by atoms with Crippen LogP contribution in [0.2, 0.25) is 0 Å². The first-order valence-electron chi connectivity index (χ1n) is 5.95. The van der Waals surface area contributed by atoms with Crippen LogP contribution in [0.4, 0.5) is 0 Å². The number of H-pyrrole nitrogens is 1. The molecule has 0 saturated carbocycles. The second-order valence-electron chi connectivity index (χ2n) is 4.25. The summed E-state index contributed by atoms with van der Waals surface area (Å²) >= 11 is 0. The molecule has 5 heteroatoms. The number of aromatic nitrogens is 3. The number of methoxy groups -OCH3 is 1. The van der Waals surface area contributed by atoms with Crippen LogP contribution in [0.5, 0.6) is 5.75 Å². The standard InChI is InChI=1S/C14H13N3O2/c1-19-12-5-3-2-4-10(12)8-13-15-16-14-9-11(18)6-7-17(13)14/h2-7,9,16H,8H2,1H3. The van der Waals surface area contributed by atoms with E-state index in [9.17, 15) is 4.79 Å². The number of pyridine rings is 1. The maximum Gasteiger partial charge on any atom is 0.183 e. The average Bonchev–Trinajstić information content (AvgIpc) is 2.82. The van der Waals surface area contributed by atoms with Crippen molar-refractivity contribution in [2.45, 2.75) is 6.42 Å². The van der Waals surface area contributed by atoms with Crippen LogP contribution >= 0.6 is 0 Å². The van der Waals surface area contributed by atoms with Crippen LogP contribution in [0.1, 0.15) is 11.4 Å². The van der Waals surface area contributed by atoms with Crippen molar-refractivity contribution in [3.05, 3.63) is 64.2 Å². The summed E-state index contributed by atoms with van der Waals surface area (Å²) in [6.45, 7) is 0. The van der Waals surface area contributed by atoms with Crippen LogP contribution in [0.3, 0.4) is 0 Å². The fraction of sp³-hybridized carbons (Fsp3) is 0.143. The molecule has 96 valence electrons. The number of rotatable bonds is 3. The Morgan fingerprint density at radius 3 is 3.00 bits per heavy atom. The van der Waals surface area contributed by atoms with Crippen molar-refractivity contribution in [2.24, 2.45) is 0 Å². The lowest BCUT2D eigenvalue weighted by atomic mass is 10.1. The van der Waals surface area contributed by atoms with E-state index in [0.717, 1.165) is 17.1 Å². The van der Waals surface area contributed by atoms with Crippen molar-refractivity contribution in [3.63, 3.8) is 0 Å². The minimum Gasteiger partial charge on any atom is -0.496 e. The number of ether oxygens (including phenoxy) is 1. The van der Waals surface area contributed by atoms with Gasteiger partial charge in [0.15, 0.2) is 5.43 Å². The molecule has 0 amide bonds. The Morgan fingerprint density at radius 2 is 2.16 bits per heavy atom. The molecule has 0 fully saturated rings. The Morgan fingerprint density at radius 1 is 1.32 bits per heavy atom. The number of hydrogen-bond donors (Lipinski definition) is 1. The smallest absolute Gasteiger partial charge is 0.183 e. The zero-order valence-electron chi connectivity index (χ0n) is 10.5. The van der Waals surface area contributed by atoms with Crippen LogP contribution in [0.25, 0.3) is 5.65 Å². The molecule has 2 heterocycles. The van der Waals surface area contributed by atoms with Gasteiger partial charge in [-0.25, -0.2) is 0 Å². The number of hydrogen-bond acceptors (Lipinski definition) is 3. The first kappa shape index (κ1) is 11.5. The molecule has 1 N–H and O–H groups in total. The minimum atomic E-state index is -0.0347. The Kier molecular flexibility index (Phi) is 2.79. The van der Waals surface area contributed by atoms with Gasteiger partial charge in [0.05, 0.1) is 7.11 Å². The molecule has 3 rings (SSSR count). The van der Waals surface area contributed by atoms with E-state index >= 15 is 0 Å². The molecule has 2 aromatic heterocycles. The predicted molar refractivity (Wildman–Crippen MR) is 71.6 cm³/mol. The number of nitrogens with one attached hydrogen (secondary N) is 1. The van der Waals surface area contributed by atoms with Crippen molar-refractivity contribution in [3.8, 4) is 5.75 Å². The monoisotopic (exact) mass is 255 g/mol. The topological polar surface area (TPSA) is 59.4 Å². The van der Waals surface area contributed by atoms with Gasteiger partial charge < -0.3 is 4.74 Å². The van der Waals surface area contributed by atoms with Crippen LogP contribution in [0, 0.1) is 0 Å². The van der Waals surface area contributed by atoms with Crippen LogP contribution in [-0.4, -0.2) is 21.7 Å². The lowest BCUT2D eigenvalue weighted by molar-refractivity contribution is 0.410. The first-order valence-corrected chi connectivity index (χ1v) is 5.95. The van der Waals surface area contributed by atoms with Crippen molar-refractivity contribution >= 4 is 5.65 Å². The SMILES string of the molecule is COc1ccccc1Cc1n[nH]c2cc(=O)ccn12. The van der Waals surface area contributed by atoms with E-state index in [1.807, 2.05) is 28.7 Å². The molecule has 0 bridgehead atoms. The third kappa shape index (κ3) is 2.10. The molecule has 0 unspecified atom stereocenters. The normalized spacial score (nSPS) is 10.8. The number of aromatic amines is 1. The van der Waals surface area contributed by atoms with Gasteiger partial charge in [0.2, 0.25) is 0 Å². The van der Waals surface area contributed by atoms with Gasteiger partial charge in [-0.1, -0.05) is 18.2 Å². The van der Waals surface area contributed by atoms with E-state index in [1.54, 1.807) is 13.3 Å². The number of fused-ring (bicyclic) bond motifs is 1. The fourth-order valence-corrected chi connectivity index (χ4v) is 2.11. The quantitative estimate of drug-likeness (QED) is 0.773. The fourth-order valence-electron chi connectivity index (χ4n) is 2.11. The maximum absolute atomic E-state index is 11.3. The maximum atomic E-state index is 11.3. The highest BCUT2D eigenvalue weighted by Crippen LogP contribution is 2.20. The summed E-state index contributed by atoms with van der Waals surface area (Å²) in [5.41, 5.74) is 1.71. The number of nitrogens with zero attached hydrogens (tertiary/aromatic N) is 2. The average molecular weight is 255 g/mol. The molecular formula is C14H13N3O2. The lowest BCUT2D eigenvalue weighted by Gasteiger charge is -2.06. The number of benzene rings is 1. The highest BCUT2D eigenvalue weighted by Gasteiger charge is 2.08. The molecule has 5 nitrogen and oxygen atoms in total. The molecule has 0 radical (unpaired) electrons. The van der Waals surface area contributed by atoms with Gasteiger partial charge in [0, 0.05) is 30.3 Å². The van der Waals surface area contributed by atoms with Gasteiger partial charge in [0.1, 0.15) is 17.2 Å². The van der Waals surface area contributed by atoms with E-state index in [4.69, 9.17) is 4.74 Å². The van der Waals surface area contributed by atoms with Gasteiger partial charge in [-0.2, -0.15) is 5.10 Å². The Labute approximate surface area is 109 Å². The largest absolute Gasteiger partial charge is 0.496 e. The highest BCUT2D eigenvalue weighted by atomic mass is 16.5. The van der Waals surface area contributed by atoms with Gasteiger partial charge in [-0.05, 0) is 6.07 Å². The second kappa shape index (κ2) is 4.61. The molecule has 0 saturated heterocycles. The van der Waals surface area contributed by atoms with Gasteiger partial charge in [-0.3, -0.25) is 14.3 Å². The highest BCUT2D eigenvalue weighted by molar-refractivity contribution is 5.40. The summed E-state index contributed by atoms with van der Waals surface area (Å²) in [6.07, 6.45) is 2.36. The van der Waals surface area contributed by atoms with E-state index in [0.29, 0.717) is 12.1 Å². The molecule has 0 atom stereocenters. The Balaban J connectivity index is 2.04. The Hall–Kier alpha value is -2.56. The summed E-state index contributed by atoms with van der Waals surface area (Å²) in [6, 6.07) is 10.9. The summed E-state index contributed by atoms with van der Waals surface area (Å²) in [7, 11) is 1.65. The second-order valence-corrected chi connectivity index (χ2v) is 4.25. The van der Waals surface area contributed by atoms with Gasteiger partial charge in [-0.15, -0.1) is 0 Å².